The molecule has 0 bridgehead atoms. The highest BCUT2D eigenvalue weighted by Gasteiger charge is 2.48. The average molecular weight is 995 g/mol. The number of nitrogens with zero attached hydrogens (tertiary/aromatic N) is 7. The lowest BCUT2D eigenvalue weighted by Crippen LogP contribution is -2.55. The summed E-state index contributed by atoms with van der Waals surface area (Å²) in [5.41, 5.74) is -1.42. The number of halogens is 6. The van der Waals surface area contributed by atoms with E-state index in [1.165, 1.54) is 46.2 Å². The molecule has 4 aromatic carbocycles. The number of amides is 6. The molecule has 0 aromatic heterocycles. The normalized spacial score (nSPS) is 18.4. The van der Waals surface area contributed by atoms with Crippen LogP contribution in [0.25, 0.3) is 0 Å². The number of quaternary nitrogens is 1. The van der Waals surface area contributed by atoms with Crippen molar-refractivity contribution in [3.8, 4) is 12.1 Å². The van der Waals surface area contributed by atoms with Gasteiger partial charge in [-0.1, -0.05) is 36.4 Å². The molecule has 4 aliphatic heterocycles. The minimum Gasteiger partial charge on any atom is -0.456 e. The Morgan fingerprint density at radius 1 is 0.653 bits per heavy atom. The smallest absolute Gasteiger partial charge is 0.416 e. The molecular weight excluding hydrogens is 949 g/mol. The van der Waals surface area contributed by atoms with Crippen molar-refractivity contribution < 1.29 is 59.5 Å². The highest BCUT2D eigenvalue weighted by Crippen LogP contribution is 2.42. The van der Waals surface area contributed by atoms with Crippen LogP contribution in [0.1, 0.15) is 66.2 Å². The van der Waals surface area contributed by atoms with E-state index >= 15 is 0 Å². The third kappa shape index (κ3) is 10.2. The Balaban J connectivity index is 1.09. The number of alkyl halides is 6. The van der Waals surface area contributed by atoms with E-state index in [4.69, 9.17) is 4.74 Å². The number of ether oxygens (including phenoxy) is 1. The summed E-state index contributed by atoms with van der Waals surface area (Å²) in [5.74, 6) is -1.75. The van der Waals surface area contributed by atoms with Gasteiger partial charge in [-0.25, -0.2) is 14.4 Å². The summed E-state index contributed by atoms with van der Waals surface area (Å²) < 4.78 is 89.2. The van der Waals surface area contributed by atoms with E-state index in [1.54, 1.807) is 52.1 Å². The third-order valence-corrected chi connectivity index (χ3v) is 12.8. The second-order valence-electron chi connectivity index (χ2n) is 19.0. The first-order valence-corrected chi connectivity index (χ1v) is 22.5. The number of carbonyl (C=O) groups excluding carboxylic acids is 5. The quantitative estimate of drug-likeness (QED) is 0.0824. The zero-order valence-electron chi connectivity index (χ0n) is 39.2. The van der Waals surface area contributed by atoms with Crippen LogP contribution in [0, 0.1) is 22.7 Å². The molecule has 4 aromatic rings. The van der Waals surface area contributed by atoms with E-state index in [0.29, 0.717) is 22.3 Å². The van der Waals surface area contributed by atoms with Gasteiger partial charge in [0, 0.05) is 0 Å². The predicted molar refractivity (Wildman–Crippen MR) is 247 cm³/mol. The molecule has 0 unspecified atom stereocenters. The molecule has 6 amide bonds. The summed E-state index contributed by atoms with van der Waals surface area (Å²) in [6.07, 6.45) is -9.51. The maximum Gasteiger partial charge on any atom is 0.416 e. The Morgan fingerprint density at radius 3 is 1.39 bits per heavy atom. The maximum absolute atomic E-state index is 14.7. The zero-order chi connectivity index (χ0) is 52.1. The summed E-state index contributed by atoms with van der Waals surface area (Å²) in [6, 6.07) is 20.7. The summed E-state index contributed by atoms with van der Waals surface area (Å²) in [6.45, 7) is 4.17. The van der Waals surface area contributed by atoms with Crippen LogP contribution >= 0.6 is 0 Å². The van der Waals surface area contributed by atoms with Gasteiger partial charge in [0.25, 0.3) is 11.8 Å². The average Bonchev–Trinajstić information content (AvgIpc) is 3.83. The second kappa shape index (κ2) is 18.9. The lowest BCUT2D eigenvalue weighted by atomic mass is 9.94. The SMILES string of the molecule is CC(C)(C)OC(=O)C[N+](C)(CCN1CC2=C(C1=O)[C@@H](c1ccc(C#N)cc1)NC(=O)N2c1cccc(C(F)(F)F)c1)CCN1CC2=C(C1=O)[C@@H](c1ccc(C#N)cc1)NC(=O)N2c1cccc(C(F)(F)F)c1. The molecule has 0 fully saturated rings. The molecular formula is C51H46F6N9O6+. The molecule has 8 rings (SSSR count). The van der Waals surface area contributed by atoms with Crippen LogP contribution in [0.4, 0.5) is 47.3 Å². The lowest BCUT2D eigenvalue weighted by Gasteiger charge is -2.37. The van der Waals surface area contributed by atoms with Crippen molar-refractivity contribution in [3.63, 3.8) is 0 Å². The Bertz CT molecular complexity index is 2840. The molecule has 2 N–H and O–H groups in total. The number of urea groups is 2. The topological polar surface area (TPSA) is 179 Å². The van der Waals surface area contributed by atoms with Crippen LogP contribution < -0.4 is 20.4 Å². The molecule has 372 valence electrons. The van der Waals surface area contributed by atoms with Gasteiger partial charge < -0.3 is 29.7 Å². The number of carbonyl (C=O) groups is 5. The minimum atomic E-state index is -4.75. The van der Waals surface area contributed by atoms with Gasteiger partial charge in [0.2, 0.25) is 0 Å². The highest BCUT2D eigenvalue weighted by atomic mass is 19.4. The summed E-state index contributed by atoms with van der Waals surface area (Å²) in [7, 11) is 1.70. The molecule has 15 nitrogen and oxygen atoms in total. The fourth-order valence-electron chi connectivity index (χ4n) is 9.22. The van der Waals surface area contributed by atoms with E-state index in [0.717, 1.165) is 46.2 Å². The molecule has 0 saturated heterocycles. The molecule has 21 heteroatoms. The Hall–Kier alpha value is -8.17. The van der Waals surface area contributed by atoms with Crippen molar-refractivity contribution in [2.24, 2.45) is 0 Å². The van der Waals surface area contributed by atoms with Crippen molar-refractivity contribution >= 4 is 41.2 Å². The largest absolute Gasteiger partial charge is 0.456 e. The third-order valence-electron chi connectivity index (χ3n) is 12.8. The van der Waals surface area contributed by atoms with Gasteiger partial charge in [-0.3, -0.25) is 19.4 Å². The fraction of sp³-hybridized carbons (Fsp3) is 0.314. The number of hydrogen-bond donors (Lipinski definition) is 2. The number of nitriles is 2. The summed E-state index contributed by atoms with van der Waals surface area (Å²) in [4.78, 5) is 75.7. The van der Waals surface area contributed by atoms with E-state index in [2.05, 4.69) is 10.6 Å². The van der Waals surface area contributed by atoms with Crippen LogP contribution in [0.3, 0.4) is 0 Å². The van der Waals surface area contributed by atoms with Crippen molar-refractivity contribution in [3.05, 3.63) is 153 Å². The predicted octanol–water partition coefficient (Wildman–Crippen LogP) is 7.69. The van der Waals surface area contributed by atoms with Gasteiger partial charge in [-0.05, 0) is 92.6 Å². The number of anilines is 2. The Labute approximate surface area is 409 Å². The van der Waals surface area contributed by atoms with Crippen molar-refractivity contribution in [2.75, 3.05) is 62.7 Å². The van der Waals surface area contributed by atoms with E-state index in [-0.39, 0.29) is 84.2 Å². The van der Waals surface area contributed by atoms with Gasteiger partial charge in [-0.2, -0.15) is 36.9 Å². The standard InChI is InChI=1S/C51H45F6N9O6/c1-49(2,3)72-40(67)29-66(4,21-19-62-27-38-41(45(62)68)43(32-15-11-30(25-58)12-16-32)60-47(70)64(38)36-9-5-7-34(23-36)50(52,53)54)22-20-63-28-39-42(46(63)69)44(33-17-13-31(26-59)14-18-33)61-48(71)65(39)37-10-6-8-35(24-37)51(55,56)57/h5-18,23-24,43-44H,19-22,27-29H2,1-4H3,(H-,60,61,70,71)/p+1/t43-,44-/m1/s1. The van der Waals surface area contributed by atoms with Crippen molar-refractivity contribution in [1.29, 1.82) is 10.5 Å². The molecule has 0 saturated carbocycles. The molecule has 4 heterocycles. The zero-order valence-corrected chi connectivity index (χ0v) is 39.2. The number of rotatable bonds is 12. The van der Waals surface area contributed by atoms with Crippen LogP contribution in [0.2, 0.25) is 0 Å². The molecule has 72 heavy (non-hydrogen) atoms. The van der Waals surface area contributed by atoms with Gasteiger partial charge in [-0.15, -0.1) is 0 Å². The number of hydrogen-bond acceptors (Lipinski definition) is 8. The van der Waals surface area contributed by atoms with Crippen LogP contribution in [0.15, 0.2) is 120 Å². The maximum atomic E-state index is 14.7. The van der Waals surface area contributed by atoms with E-state index < -0.39 is 71.0 Å². The first kappa shape index (κ1) is 50.2. The summed E-state index contributed by atoms with van der Waals surface area (Å²) >= 11 is 0. The van der Waals surface area contributed by atoms with Gasteiger partial charge in [0.05, 0.1) is 127 Å². The number of nitrogens with one attached hydrogen (secondary N) is 2. The fourth-order valence-corrected chi connectivity index (χ4v) is 9.22. The second-order valence-corrected chi connectivity index (χ2v) is 19.0. The van der Waals surface area contributed by atoms with Crippen molar-refractivity contribution in [2.45, 2.75) is 50.8 Å². The minimum absolute atomic E-state index is 0.0252. The molecule has 0 aliphatic carbocycles. The summed E-state index contributed by atoms with van der Waals surface area (Å²) in [5, 5.41) is 24.4. The van der Waals surface area contributed by atoms with Crippen LogP contribution in [0.5, 0.6) is 0 Å². The Morgan fingerprint density at radius 2 is 1.04 bits per heavy atom. The molecule has 4 aliphatic rings. The number of benzene rings is 4. The van der Waals surface area contributed by atoms with Gasteiger partial charge in [0.1, 0.15) is 5.60 Å². The van der Waals surface area contributed by atoms with E-state index in [9.17, 15) is 60.8 Å². The lowest BCUT2D eigenvalue weighted by molar-refractivity contribution is -0.901. The van der Waals surface area contributed by atoms with Crippen LogP contribution in [-0.2, 0) is 31.5 Å². The molecule has 2 atom stereocenters. The van der Waals surface area contributed by atoms with E-state index in [1.807, 2.05) is 12.1 Å². The van der Waals surface area contributed by atoms with Crippen molar-refractivity contribution in [1.82, 2.24) is 20.4 Å². The van der Waals surface area contributed by atoms with Crippen LogP contribution in [-0.4, -0.2) is 103 Å². The first-order valence-electron chi connectivity index (χ1n) is 22.5. The number of likely N-dealkylation sites (N-methyl/N-ethyl adjacent to an activating group) is 1. The number of esters is 1. The molecule has 0 spiro atoms. The molecule has 0 radical (unpaired) electrons. The highest BCUT2D eigenvalue weighted by molar-refractivity contribution is 6.08. The Kier molecular flexibility index (Phi) is 13.2. The van der Waals surface area contributed by atoms with Gasteiger partial charge in [0.15, 0.2) is 6.54 Å². The van der Waals surface area contributed by atoms with Gasteiger partial charge >= 0.3 is 30.4 Å². The first-order chi connectivity index (χ1) is 33.9. The monoisotopic (exact) mass is 994 g/mol.